The summed E-state index contributed by atoms with van der Waals surface area (Å²) >= 11 is 0. The van der Waals surface area contributed by atoms with Gasteiger partial charge in [0.05, 0.1) is 13.0 Å². The van der Waals surface area contributed by atoms with Crippen LogP contribution < -0.4 is 0 Å². The van der Waals surface area contributed by atoms with E-state index in [0.717, 1.165) is 6.42 Å². The highest BCUT2D eigenvalue weighted by molar-refractivity contribution is 5.75. The van der Waals surface area contributed by atoms with Crippen LogP contribution in [-0.4, -0.2) is 24.8 Å². The summed E-state index contributed by atoms with van der Waals surface area (Å²) in [6.45, 7) is 0.0484. The summed E-state index contributed by atoms with van der Waals surface area (Å²) in [5.74, 6) is -0.453. The van der Waals surface area contributed by atoms with E-state index in [9.17, 15) is 4.79 Å². The van der Waals surface area contributed by atoms with Crippen LogP contribution in [0.2, 0.25) is 0 Å². The molecule has 0 heterocycles. The largest absolute Gasteiger partial charge is 0.469 e. The first-order chi connectivity index (χ1) is 5.29. The van der Waals surface area contributed by atoms with E-state index in [-0.39, 0.29) is 24.4 Å². The predicted molar refractivity (Wildman–Crippen MR) is 39.8 cm³/mol. The first-order valence-electron chi connectivity index (χ1n) is 3.65. The number of hydrogen-bond donors (Lipinski definition) is 1. The van der Waals surface area contributed by atoms with Gasteiger partial charge in [-0.15, -0.1) is 0 Å². The van der Waals surface area contributed by atoms with E-state index < -0.39 is 0 Å². The fourth-order valence-corrected chi connectivity index (χ4v) is 1.30. The molecule has 3 nitrogen and oxygen atoms in total. The summed E-state index contributed by atoms with van der Waals surface area (Å²) in [5, 5.41) is 8.83. The lowest BCUT2D eigenvalue weighted by Crippen LogP contribution is -2.22. The fraction of sp³-hybridized carbons (Fsp3) is 0.625. The van der Waals surface area contributed by atoms with Crippen LogP contribution in [0.15, 0.2) is 12.2 Å². The number of carbonyl (C=O) groups is 1. The second kappa shape index (κ2) is 3.53. The quantitative estimate of drug-likeness (QED) is 0.463. The number of carbonyl (C=O) groups excluding carboxylic acids is 1. The molecule has 0 aromatic rings. The number of hydrogen-bond acceptors (Lipinski definition) is 3. The maximum absolute atomic E-state index is 11.0. The zero-order chi connectivity index (χ0) is 8.27. The molecule has 0 aromatic carbocycles. The van der Waals surface area contributed by atoms with E-state index >= 15 is 0 Å². The molecule has 62 valence electrons. The molecule has 0 fully saturated rings. The van der Waals surface area contributed by atoms with Gasteiger partial charge in [-0.2, -0.15) is 0 Å². The molecule has 1 aliphatic carbocycles. The van der Waals surface area contributed by atoms with Gasteiger partial charge < -0.3 is 9.84 Å². The van der Waals surface area contributed by atoms with Crippen molar-refractivity contribution in [1.82, 2.24) is 0 Å². The van der Waals surface area contributed by atoms with Crippen molar-refractivity contribution < 1.29 is 14.6 Å². The van der Waals surface area contributed by atoms with E-state index in [2.05, 4.69) is 4.74 Å². The van der Waals surface area contributed by atoms with Gasteiger partial charge in [0.15, 0.2) is 0 Å². The van der Waals surface area contributed by atoms with Crippen LogP contribution in [0.3, 0.4) is 0 Å². The van der Waals surface area contributed by atoms with Crippen LogP contribution in [0.4, 0.5) is 0 Å². The molecule has 0 unspecified atom stereocenters. The highest BCUT2D eigenvalue weighted by Crippen LogP contribution is 2.25. The molecule has 0 bridgehead atoms. The Morgan fingerprint density at radius 3 is 3.09 bits per heavy atom. The van der Waals surface area contributed by atoms with Crippen molar-refractivity contribution in [2.45, 2.75) is 6.42 Å². The van der Waals surface area contributed by atoms with Crippen molar-refractivity contribution in [3.8, 4) is 0 Å². The Labute approximate surface area is 65.7 Å². The van der Waals surface area contributed by atoms with E-state index in [0.29, 0.717) is 0 Å². The molecule has 11 heavy (non-hydrogen) atoms. The molecule has 0 saturated carbocycles. The zero-order valence-corrected chi connectivity index (χ0v) is 6.49. The van der Waals surface area contributed by atoms with E-state index in [1.165, 1.54) is 7.11 Å². The lowest BCUT2D eigenvalue weighted by atomic mass is 9.97. The number of methoxy groups -OCH3 is 1. The Hall–Kier alpha value is -0.830. The topological polar surface area (TPSA) is 46.5 Å². The van der Waals surface area contributed by atoms with Gasteiger partial charge in [0.25, 0.3) is 0 Å². The average Bonchev–Trinajstić information content (AvgIpc) is 2.50. The third-order valence-electron chi connectivity index (χ3n) is 2.00. The molecule has 0 aromatic heterocycles. The maximum Gasteiger partial charge on any atom is 0.312 e. The van der Waals surface area contributed by atoms with E-state index in [1.54, 1.807) is 6.08 Å². The number of rotatable bonds is 2. The third-order valence-corrected chi connectivity index (χ3v) is 2.00. The molecular weight excluding hydrogens is 144 g/mol. The lowest BCUT2D eigenvalue weighted by molar-refractivity contribution is -0.145. The molecule has 2 atom stereocenters. The number of aliphatic hydroxyl groups excluding tert-OH is 1. The third kappa shape index (κ3) is 1.60. The van der Waals surface area contributed by atoms with Crippen LogP contribution in [0.25, 0.3) is 0 Å². The Bertz CT molecular complexity index is 174. The maximum atomic E-state index is 11.0. The summed E-state index contributed by atoms with van der Waals surface area (Å²) in [4.78, 5) is 11.0. The molecular formula is C8H12O3. The van der Waals surface area contributed by atoms with E-state index in [1.807, 2.05) is 6.08 Å². The molecule has 1 N–H and O–H groups in total. The van der Waals surface area contributed by atoms with Crippen molar-refractivity contribution in [2.75, 3.05) is 13.7 Å². The van der Waals surface area contributed by atoms with Crippen LogP contribution >= 0.6 is 0 Å². The average molecular weight is 156 g/mol. The van der Waals surface area contributed by atoms with Crippen LogP contribution in [-0.2, 0) is 9.53 Å². The van der Waals surface area contributed by atoms with Gasteiger partial charge in [0.2, 0.25) is 0 Å². The fourth-order valence-electron chi connectivity index (χ4n) is 1.30. The summed E-state index contributed by atoms with van der Waals surface area (Å²) < 4.78 is 4.56. The summed E-state index contributed by atoms with van der Waals surface area (Å²) in [6, 6.07) is 0. The molecule has 3 heteroatoms. The van der Waals surface area contributed by atoms with Gasteiger partial charge in [-0.3, -0.25) is 4.79 Å². The molecule has 1 aliphatic rings. The second-order valence-corrected chi connectivity index (χ2v) is 2.66. The smallest absolute Gasteiger partial charge is 0.312 e. The van der Waals surface area contributed by atoms with Crippen molar-refractivity contribution in [3.05, 3.63) is 12.2 Å². The van der Waals surface area contributed by atoms with E-state index in [4.69, 9.17) is 5.11 Å². The highest BCUT2D eigenvalue weighted by Gasteiger charge is 2.28. The SMILES string of the molecule is COC(=O)[C@H]1C=CC[C@@H]1CO. The molecule has 0 saturated heterocycles. The minimum Gasteiger partial charge on any atom is -0.469 e. The van der Waals surface area contributed by atoms with Crippen LogP contribution in [0, 0.1) is 11.8 Å². The molecule has 1 rings (SSSR count). The molecule has 0 amide bonds. The molecule has 0 radical (unpaired) electrons. The predicted octanol–water partition coefficient (Wildman–Crippen LogP) is 0.344. The van der Waals surface area contributed by atoms with Gasteiger partial charge >= 0.3 is 5.97 Å². The summed E-state index contributed by atoms with van der Waals surface area (Å²) in [7, 11) is 1.36. The minimum absolute atomic E-state index is 0.0300. The Kier molecular flexibility index (Phi) is 2.65. The normalized spacial score (nSPS) is 28.9. The van der Waals surface area contributed by atoms with Gasteiger partial charge in [-0.25, -0.2) is 0 Å². The van der Waals surface area contributed by atoms with Crippen molar-refractivity contribution in [3.63, 3.8) is 0 Å². The van der Waals surface area contributed by atoms with Crippen molar-refractivity contribution in [1.29, 1.82) is 0 Å². The highest BCUT2D eigenvalue weighted by atomic mass is 16.5. The molecule has 0 aliphatic heterocycles. The minimum atomic E-state index is -0.252. The number of esters is 1. The van der Waals surface area contributed by atoms with Gasteiger partial charge in [-0.1, -0.05) is 12.2 Å². The molecule has 0 spiro atoms. The Morgan fingerprint density at radius 2 is 2.55 bits per heavy atom. The lowest BCUT2D eigenvalue weighted by Gasteiger charge is -2.13. The second-order valence-electron chi connectivity index (χ2n) is 2.66. The number of aliphatic hydroxyl groups is 1. The van der Waals surface area contributed by atoms with Gasteiger partial charge in [-0.05, 0) is 6.42 Å². The Morgan fingerprint density at radius 1 is 1.82 bits per heavy atom. The van der Waals surface area contributed by atoms with Crippen molar-refractivity contribution >= 4 is 5.97 Å². The number of ether oxygens (including phenoxy) is 1. The standard InChI is InChI=1S/C8H12O3/c1-11-8(10)7-4-2-3-6(7)5-9/h2,4,6-7,9H,3,5H2,1H3/t6-,7+/m1/s1. The van der Waals surface area contributed by atoms with Gasteiger partial charge in [0.1, 0.15) is 0 Å². The summed E-state index contributed by atoms with van der Waals surface area (Å²) in [5.41, 5.74) is 0. The summed E-state index contributed by atoms with van der Waals surface area (Å²) in [6.07, 6.45) is 4.48. The first-order valence-corrected chi connectivity index (χ1v) is 3.65. The zero-order valence-electron chi connectivity index (χ0n) is 6.49. The monoisotopic (exact) mass is 156 g/mol. The van der Waals surface area contributed by atoms with Crippen molar-refractivity contribution in [2.24, 2.45) is 11.8 Å². The Balaban J connectivity index is 2.55. The first kappa shape index (κ1) is 8.27. The van der Waals surface area contributed by atoms with Crippen LogP contribution in [0.5, 0.6) is 0 Å². The van der Waals surface area contributed by atoms with Gasteiger partial charge in [0, 0.05) is 12.5 Å². The van der Waals surface area contributed by atoms with Crippen LogP contribution in [0.1, 0.15) is 6.42 Å². The number of allylic oxidation sites excluding steroid dienone is 1.